The van der Waals surface area contributed by atoms with E-state index in [4.69, 9.17) is 0 Å². The Morgan fingerprint density at radius 1 is 1.14 bits per heavy atom. The van der Waals surface area contributed by atoms with Crippen molar-refractivity contribution in [2.24, 2.45) is 0 Å². The van der Waals surface area contributed by atoms with Gasteiger partial charge in [0, 0.05) is 9.64 Å². The summed E-state index contributed by atoms with van der Waals surface area (Å²) >= 11 is 2.19. The SMILES string of the molecule is O=[N+]([O-])c1ccccc1-[n+]1nc(-c2ccccc2I)n[nH]1. The number of tetrazole rings is 1. The average molecular weight is 394 g/mol. The molecule has 21 heavy (non-hydrogen) atoms. The van der Waals surface area contributed by atoms with Crippen LogP contribution in [-0.4, -0.2) is 20.3 Å². The van der Waals surface area contributed by atoms with Gasteiger partial charge in [-0.3, -0.25) is 10.1 Å². The zero-order chi connectivity index (χ0) is 14.8. The van der Waals surface area contributed by atoms with Gasteiger partial charge >= 0.3 is 11.5 Å². The number of nitro groups is 1. The van der Waals surface area contributed by atoms with Gasteiger partial charge in [0.05, 0.1) is 15.6 Å². The monoisotopic (exact) mass is 394 g/mol. The van der Waals surface area contributed by atoms with Gasteiger partial charge in [-0.1, -0.05) is 24.3 Å². The zero-order valence-corrected chi connectivity index (χ0v) is 12.8. The van der Waals surface area contributed by atoms with Crippen LogP contribution in [0.5, 0.6) is 0 Å². The van der Waals surface area contributed by atoms with Crippen molar-refractivity contribution < 1.29 is 9.72 Å². The third-order valence-electron chi connectivity index (χ3n) is 2.87. The lowest BCUT2D eigenvalue weighted by Gasteiger charge is -1.95. The second kappa shape index (κ2) is 5.56. The molecule has 1 aromatic heterocycles. The van der Waals surface area contributed by atoms with E-state index in [0.717, 1.165) is 9.13 Å². The molecule has 0 fully saturated rings. The fourth-order valence-electron chi connectivity index (χ4n) is 1.90. The molecule has 0 amide bonds. The highest BCUT2D eigenvalue weighted by atomic mass is 127. The Labute approximate surface area is 132 Å². The number of nitro benzene ring substituents is 1. The molecule has 0 spiro atoms. The summed E-state index contributed by atoms with van der Waals surface area (Å²) in [5.74, 6) is 0.484. The number of nitrogens with zero attached hydrogens (tertiary/aromatic N) is 4. The molecule has 0 aliphatic heterocycles. The van der Waals surface area contributed by atoms with Gasteiger partial charge in [0.25, 0.3) is 5.69 Å². The summed E-state index contributed by atoms with van der Waals surface area (Å²) in [6.07, 6.45) is 0. The van der Waals surface area contributed by atoms with E-state index in [1.54, 1.807) is 18.2 Å². The lowest BCUT2D eigenvalue weighted by atomic mass is 10.2. The highest BCUT2D eigenvalue weighted by Gasteiger charge is 2.24. The number of benzene rings is 2. The van der Waals surface area contributed by atoms with Crippen LogP contribution in [0.3, 0.4) is 0 Å². The summed E-state index contributed by atoms with van der Waals surface area (Å²) < 4.78 is 1.00. The first-order valence-electron chi connectivity index (χ1n) is 6.00. The van der Waals surface area contributed by atoms with Crippen LogP contribution in [0.1, 0.15) is 0 Å². The molecule has 0 saturated heterocycles. The quantitative estimate of drug-likeness (QED) is 0.320. The van der Waals surface area contributed by atoms with Crippen LogP contribution in [0.15, 0.2) is 48.5 Å². The molecule has 0 bridgehead atoms. The number of aromatic amines is 1. The molecule has 7 nitrogen and oxygen atoms in total. The highest BCUT2D eigenvalue weighted by Crippen LogP contribution is 2.21. The summed E-state index contributed by atoms with van der Waals surface area (Å²) in [6, 6.07) is 14.0. The number of H-pyrrole nitrogens is 1. The predicted octanol–water partition coefficient (Wildman–Crippen LogP) is 2.26. The largest absolute Gasteiger partial charge is 0.340 e. The number of halogens is 1. The molecule has 104 valence electrons. The number of para-hydroxylation sites is 2. The molecule has 8 heteroatoms. The second-order valence-corrected chi connectivity index (χ2v) is 5.34. The molecule has 2 aromatic carbocycles. The zero-order valence-electron chi connectivity index (χ0n) is 10.6. The van der Waals surface area contributed by atoms with E-state index in [9.17, 15) is 10.1 Å². The Morgan fingerprint density at radius 2 is 1.86 bits per heavy atom. The summed E-state index contributed by atoms with van der Waals surface area (Å²) in [6.45, 7) is 0. The van der Waals surface area contributed by atoms with Crippen LogP contribution in [-0.2, 0) is 0 Å². The van der Waals surface area contributed by atoms with E-state index in [1.165, 1.54) is 10.9 Å². The molecular formula is C13H9IN5O2+. The molecule has 1 N–H and O–H groups in total. The first-order chi connectivity index (χ1) is 10.2. The molecule has 0 aliphatic rings. The molecule has 0 unspecified atom stereocenters. The molecule has 3 aromatic rings. The third-order valence-corrected chi connectivity index (χ3v) is 3.81. The van der Waals surface area contributed by atoms with Gasteiger partial charge < -0.3 is 0 Å². The van der Waals surface area contributed by atoms with Gasteiger partial charge in [-0.05, 0) is 55.9 Å². The fourth-order valence-corrected chi connectivity index (χ4v) is 2.52. The Bertz CT molecular complexity index is 818. The van der Waals surface area contributed by atoms with Crippen LogP contribution >= 0.6 is 22.6 Å². The van der Waals surface area contributed by atoms with E-state index in [1.807, 2.05) is 24.3 Å². The number of nitrogens with one attached hydrogen (secondary N) is 1. The lowest BCUT2D eigenvalue weighted by Crippen LogP contribution is -2.36. The van der Waals surface area contributed by atoms with Gasteiger partial charge in [0.15, 0.2) is 0 Å². The molecule has 0 atom stereocenters. The molecule has 0 radical (unpaired) electrons. The van der Waals surface area contributed by atoms with Crippen LogP contribution in [0.25, 0.3) is 17.1 Å². The van der Waals surface area contributed by atoms with Gasteiger partial charge in [-0.15, -0.1) is 0 Å². The molecule has 1 heterocycles. The van der Waals surface area contributed by atoms with Crippen molar-refractivity contribution in [3.63, 3.8) is 0 Å². The Morgan fingerprint density at radius 3 is 2.62 bits per heavy atom. The van der Waals surface area contributed by atoms with Crippen molar-refractivity contribution in [3.8, 4) is 17.1 Å². The maximum Gasteiger partial charge on any atom is 0.340 e. The molecule has 3 rings (SSSR count). The standard InChI is InChI=1S/C13H8IN5O2/c14-10-6-2-1-5-9(10)13-15-17-18(16-13)11-7-3-4-8-12(11)19(20)21/h1-8H/p+1. The predicted molar refractivity (Wildman–Crippen MR) is 82.7 cm³/mol. The van der Waals surface area contributed by atoms with Crippen molar-refractivity contribution >= 4 is 28.3 Å². The molecule has 0 saturated carbocycles. The second-order valence-electron chi connectivity index (χ2n) is 4.17. The third kappa shape index (κ3) is 2.61. The minimum Gasteiger partial charge on any atom is -0.258 e. The van der Waals surface area contributed by atoms with Crippen LogP contribution in [0, 0.1) is 13.7 Å². The van der Waals surface area contributed by atoms with Crippen molar-refractivity contribution in [1.82, 2.24) is 15.4 Å². The minimum absolute atomic E-state index is 0.0343. The summed E-state index contributed by atoms with van der Waals surface area (Å²) in [7, 11) is 0. The van der Waals surface area contributed by atoms with Crippen molar-refractivity contribution in [2.75, 3.05) is 0 Å². The topological polar surface area (TPSA) is 88.6 Å². The van der Waals surface area contributed by atoms with Crippen LogP contribution in [0.2, 0.25) is 0 Å². The summed E-state index contributed by atoms with van der Waals surface area (Å²) in [5, 5.41) is 22.2. The van der Waals surface area contributed by atoms with E-state index in [-0.39, 0.29) is 5.69 Å². The maximum atomic E-state index is 11.1. The number of hydrogen-bond acceptors (Lipinski definition) is 4. The van der Waals surface area contributed by atoms with E-state index < -0.39 is 4.92 Å². The number of hydrogen-bond donors (Lipinski definition) is 1. The summed E-state index contributed by atoms with van der Waals surface area (Å²) in [4.78, 5) is 11.9. The van der Waals surface area contributed by atoms with Gasteiger partial charge in [0.2, 0.25) is 0 Å². The maximum absolute atomic E-state index is 11.1. The number of aromatic nitrogens is 4. The fraction of sp³-hybridized carbons (Fsp3) is 0. The van der Waals surface area contributed by atoms with Gasteiger partial charge in [0.1, 0.15) is 0 Å². The highest BCUT2D eigenvalue weighted by molar-refractivity contribution is 14.1. The average Bonchev–Trinajstić information content (AvgIpc) is 2.97. The first kappa shape index (κ1) is 13.6. The number of rotatable bonds is 3. The Hall–Kier alpha value is -2.36. The first-order valence-corrected chi connectivity index (χ1v) is 7.08. The van der Waals surface area contributed by atoms with Crippen LogP contribution < -0.4 is 4.80 Å². The Balaban J connectivity index is 2.08. The Kier molecular flexibility index (Phi) is 3.60. The van der Waals surface area contributed by atoms with Gasteiger partial charge in [-0.25, -0.2) is 0 Å². The van der Waals surface area contributed by atoms with Gasteiger partial charge in [-0.2, -0.15) is 0 Å². The van der Waals surface area contributed by atoms with Crippen molar-refractivity contribution in [3.05, 3.63) is 62.2 Å². The van der Waals surface area contributed by atoms with Crippen molar-refractivity contribution in [2.45, 2.75) is 0 Å². The minimum atomic E-state index is -0.448. The summed E-state index contributed by atoms with van der Waals surface area (Å²) in [5.41, 5.74) is 1.17. The van der Waals surface area contributed by atoms with E-state index >= 15 is 0 Å². The van der Waals surface area contributed by atoms with E-state index in [0.29, 0.717) is 11.5 Å². The molecular weight excluding hydrogens is 385 g/mol. The van der Waals surface area contributed by atoms with Crippen LogP contribution in [0.4, 0.5) is 5.69 Å². The lowest BCUT2D eigenvalue weighted by molar-refractivity contribution is -0.718. The van der Waals surface area contributed by atoms with E-state index in [2.05, 4.69) is 38.0 Å². The smallest absolute Gasteiger partial charge is 0.258 e. The van der Waals surface area contributed by atoms with Crippen molar-refractivity contribution in [1.29, 1.82) is 0 Å². The molecule has 0 aliphatic carbocycles. The normalized spacial score (nSPS) is 10.5.